The highest BCUT2D eigenvalue weighted by molar-refractivity contribution is 8.00. The average molecular weight is 297 g/mol. The molecule has 5 nitrogen and oxygen atoms in total. The van der Waals surface area contributed by atoms with Crippen molar-refractivity contribution in [3.63, 3.8) is 0 Å². The molecule has 0 amide bonds. The number of rotatable bonds is 9. The lowest BCUT2D eigenvalue weighted by Crippen LogP contribution is -2.27. The predicted octanol–water partition coefficient (Wildman–Crippen LogP) is 2.17. The van der Waals surface area contributed by atoms with Gasteiger partial charge in [0.05, 0.1) is 6.42 Å². The minimum absolute atomic E-state index is 0.350. The van der Waals surface area contributed by atoms with Gasteiger partial charge in [-0.2, -0.15) is 0 Å². The molecule has 0 aliphatic carbocycles. The predicted molar refractivity (Wildman–Crippen MR) is 80.5 cm³/mol. The van der Waals surface area contributed by atoms with Crippen molar-refractivity contribution in [1.82, 2.24) is 0 Å². The fourth-order valence-electron chi connectivity index (χ4n) is 1.79. The Morgan fingerprint density at radius 1 is 1.25 bits per heavy atom. The summed E-state index contributed by atoms with van der Waals surface area (Å²) in [5.41, 5.74) is 1.08. The van der Waals surface area contributed by atoms with Gasteiger partial charge in [-0.25, -0.2) is 0 Å². The van der Waals surface area contributed by atoms with Crippen LogP contribution in [0.2, 0.25) is 0 Å². The third kappa shape index (κ3) is 5.52. The van der Waals surface area contributed by atoms with Gasteiger partial charge in [0.1, 0.15) is 5.25 Å². The van der Waals surface area contributed by atoms with E-state index in [1.807, 2.05) is 37.3 Å². The maximum Gasteiger partial charge on any atom is 0.317 e. The molecule has 20 heavy (non-hydrogen) atoms. The largest absolute Gasteiger partial charge is 0.481 e. The van der Waals surface area contributed by atoms with Gasteiger partial charge in [-0.3, -0.25) is 9.59 Å². The Morgan fingerprint density at radius 3 is 2.40 bits per heavy atom. The molecule has 2 N–H and O–H groups in total. The SMILES string of the molecule is CCN(CCSC(CC(=O)O)C(=O)O)c1ccccc1. The van der Waals surface area contributed by atoms with Crippen molar-refractivity contribution in [3.05, 3.63) is 30.3 Å². The van der Waals surface area contributed by atoms with Crippen LogP contribution in [0.4, 0.5) is 5.69 Å². The van der Waals surface area contributed by atoms with Crippen LogP contribution < -0.4 is 4.90 Å². The van der Waals surface area contributed by atoms with Crippen LogP contribution in [0.25, 0.3) is 0 Å². The monoisotopic (exact) mass is 297 g/mol. The number of aliphatic carboxylic acids is 2. The number of hydrogen-bond donors (Lipinski definition) is 2. The van der Waals surface area contributed by atoms with E-state index in [-0.39, 0.29) is 6.42 Å². The molecule has 0 fully saturated rings. The van der Waals surface area contributed by atoms with Crippen LogP contribution in [-0.2, 0) is 9.59 Å². The van der Waals surface area contributed by atoms with Crippen LogP contribution in [0.3, 0.4) is 0 Å². The second-order valence-electron chi connectivity index (χ2n) is 4.21. The quantitative estimate of drug-likeness (QED) is 0.727. The van der Waals surface area contributed by atoms with Crippen molar-refractivity contribution in [2.45, 2.75) is 18.6 Å². The highest BCUT2D eigenvalue weighted by Gasteiger charge is 2.21. The molecule has 0 aromatic heterocycles. The molecule has 0 spiro atoms. The molecule has 1 aromatic rings. The molecular weight excluding hydrogens is 278 g/mol. The lowest BCUT2D eigenvalue weighted by Gasteiger charge is -2.23. The summed E-state index contributed by atoms with van der Waals surface area (Å²) in [5.74, 6) is -1.58. The molecule has 0 bridgehead atoms. The normalized spacial score (nSPS) is 11.8. The number of anilines is 1. The van der Waals surface area contributed by atoms with Gasteiger partial charge in [0, 0.05) is 24.5 Å². The number of hydrogen-bond acceptors (Lipinski definition) is 4. The smallest absolute Gasteiger partial charge is 0.317 e. The molecule has 0 aliphatic rings. The van der Waals surface area contributed by atoms with Crippen LogP contribution in [0.1, 0.15) is 13.3 Å². The summed E-state index contributed by atoms with van der Waals surface area (Å²) in [4.78, 5) is 23.7. The van der Waals surface area contributed by atoms with Gasteiger partial charge in [0.25, 0.3) is 0 Å². The van der Waals surface area contributed by atoms with Gasteiger partial charge in [-0.15, -0.1) is 11.8 Å². The Kier molecular flexibility index (Phi) is 6.93. The van der Waals surface area contributed by atoms with Gasteiger partial charge in [-0.05, 0) is 19.1 Å². The van der Waals surface area contributed by atoms with E-state index in [1.54, 1.807) is 0 Å². The zero-order valence-electron chi connectivity index (χ0n) is 11.4. The summed E-state index contributed by atoms with van der Waals surface area (Å²) in [7, 11) is 0. The number of carboxylic acid groups (broad SMARTS) is 2. The minimum Gasteiger partial charge on any atom is -0.481 e. The third-order valence-corrected chi connectivity index (χ3v) is 4.01. The molecular formula is C14H19NO4S. The summed E-state index contributed by atoms with van der Waals surface area (Å²) < 4.78 is 0. The third-order valence-electron chi connectivity index (χ3n) is 2.82. The van der Waals surface area contributed by atoms with Gasteiger partial charge in [0.15, 0.2) is 0 Å². The van der Waals surface area contributed by atoms with Crippen molar-refractivity contribution >= 4 is 29.4 Å². The summed E-state index contributed by atoms with van der Waals surface area (Å²) in [6.07, 6.45) is -0.350. The first-order chi connectivity index (χ1) is 9.54. The first-order valence-electron chi connectivity index (χ1n) is 6.40. The average Bonchev–Trinajstić information content (AvgIpc) is 2.42. The zero-order valence-corrected chi connectivity index (χ0v) is 12.2. The lowest BCUT2D eigenvalue weighted by atomic mass is 10.3. The number of benzene rings is 1. The highest BCUT2D eigenvalue weighted by atomic mass is 32.2. The van der Waals surface area contributed by atoms with E-state index in [0.29, 0.717) is 12.3 Å². The first kappa shape index (κ1) is 16.4. The maximum atomic E-state index is 11.0. The van der Waals surface area contributed by atoms with Gasteiger partial charge in [-0.1, -0.05) is 18.2 Å². The summed E-state index contributed by atoms with van der Waals surface area (Å²) in [5, 5.41) is 16.8. The molecule has 6 heteroatoms. The Morgan fingerprint density at radius 2 is 1.90 bits per heavy atom. The second kappa shape index (κ2) is 8.47. The van der Waals surface area contributed by atoms with Crippen LogP contribution >= 0.6 is 11.8 Å². The van der Waals surface area contributed by atoms with Crippen LogP contribution in [-0.4, -0.2) is 46.2 Å². The molecule has 1 unspecified atom stereocenters. The topological polar surface area (TPSA) is 77.8 Å². The highest BCUT2D eigenvalue weighted by Crippen LogP contribution is 2.18. The van der Waals surface area contributed by atoms with E-state index in [0.717, 1.165) is 12.2 Å². The molecule has 1 rings (SSSR count). The minimum atomic E-state index is -1.08. The van der Waals surface area contributed by atoms with Gasteiger partial charge >= 0.3 is 11.9 Å². The van der Waals surface area contributed by atoms with E-state index in [1.165, 1.54) is 11.8 Å². The Balaban J connectivity index is 2.48. The van der Waals surface area contributed by atoms with Crippen LogP contribution in [0.15, 0.2) is 30.3 Å². The molecule has 110 valence electrons. The molecule has 0 saturated carbocycles. The summed E-state index contributed by atoms with van der Waals surface area (Å²) in [6, 6.07) is 9.85. The molecule has 0 heterocycles. The van der Waals surface area contributed by atoms with Crippen molar-refractivity contribution in [1.29, 1.82) is 0 Å². The van der Waals surface area contributed by atoms with Crippen molar-refractivity contribution in [2.24, 2.45) is 0 Å². The molecule has 0 saturated heterocycles. The number of nitrogens with zero attached hydrogens (tertiary/aromatic N) is 1. The maximum absolute atomic E-state index is 11.0. The zero-order chi connectivity index (χ0) is 15.0. The van der Waals surface area contributed by atoms with Crippen molar-refractivity contribution in [2.75, 3.05) is 23.7 Å². The first-order valence-corrected chi connectivity index (χ1v) is 7.45. The fraction of sp³-hybridized carbons (Fsp3) is 0.429. The number of carboxylic acids is 2. The van der Waals surface area contributed by atoms with Crippen molar-refractivity contribution < 1.29 is 19.8 Å². The molecule has 1 atom stereocenters. The molecule has 0 radical (unpaired) electrons. The summed E-state index contributed by atoms with van der Waals surface area (Å²) >= 11 is 1.17. The van der Waals surface area contributed by atoms with Gasteiger partial charge in [0.2, 0.25) is 0 Å². The Bertz CT molecular complexity index is 438. The Hall–Kier alpha value is -1.69. The standard InChI is InChI=1S/C14H19NO4S/c1-2-15(11-6-4-3-5-7-11)8-9-20-12(14(18)19)10-13(16)17/h3-7,12H,2,8-10H2,1H3,(H,16,17)(H,18,19). The van der Waals surface area contributed by atoms with Gasteiger partial charge < -0.3 is 15.1 Å². The lowest BCUT2D eigenvalue weighted by molar-refractivity contribution is -0.142. The van der Waals surface area contributed by atoms with Crippen LogP contribution in [0.5, 0.6) is 0 Å². The van der Waals surface area contributed by atoms with E-state index < -0.39 is 17.2 Å². The van der Waals surface area contributed by atoms with E-state index in [9.17, 15) is 9.59 Å². The van der Waals surface area contributed by atoms with E-state index in [2.05, 4.69) is 4.90 Å². The molecule has 1 aromatic carbocycles. The fourth-order valence-corrected chi connectivity index (χ4v) is 2.80. The molecule has 0 aliphatic heterocycles. The number of thioether (sulfide) groups is 1. The summed E-state index contributed by atoms with van der Waals surface area (Å²) in [6.45, 7) is 3.54. The van der Waals surface area contributed by atoms with E-state index >= 15 is 0 Å². The van der Waals surface area contributed by atoms with Crippen molar-refractivity contribution in [3.8, 4) is 0 Å². The Labute approximate surface area is 122 Å². The van der Waals surface area contributed by atoms with E-state index in [4.69, 9.17) is 10.2 Å². The number of carbonyl (C=O) groups is 2. The van der Waals surface area contributed by atoms with Crippen LogP contribution in [0, 0.1) is 0 Å². The second-order valence-corrected chi connectivity index (χ2v) is 5.52. The number of para-hydroxylation sites is 1.